The molecule has 0 saturated heterocycles. The molecule has 25 heavy (non-hydrogen) atoms. The van der Waals surface area contributed by atoms with Crippen molar-refractivity contribution in [3.8, 4) is 0 Å². The number of nitrogens with zero attached hydrogens (tertiary/aromatic N) is 3. The first-order valence-corrected chi connectivity index (χ1v) is 6.37. The van der Waals surface area contributed by atoms with Gasteiger partial charge < -0.3 is 10.2 Å². The van der Waals surface area contributed by atoms with Crippen LogP contribution in [0.2, 0.25) is 0 Å². The molecule has 0 aromatic heterocycles. The van der Waals surface area contributed by atoms with Crippen LogP contribution in [0.4, 0.5) is 17.1 Å². The molecular formula is C12H11N3O10. The summed E-state index contributed by atoms with van der Waals surface area (Å²) < 4.78 is 0. The molecule has 0 bridgehead atoms. The molecule has 13 heteroatoms. The van der Waals surface area contributed by atoms with Crippen LogP contribution in [-0.4, -0.2) is 36.9 Å². The monoisotopic (exact) mass is 357 g/mol. The van der Waals surface area contributed by atoms with Crippen LogP contribution in [0.5, 0.6) is 0 Å². The molecule has 13 nitrogen and oxygen atoms in total. The molecule has 0 unspecified atom stereocenters. The molecule has 0 spiro atoms. The van der Waals surface area contributed by atoms with E-state index in [1.807, 2.05) is 0 Å². The molecule has 0 aliphatic rings. The topological polar surface area (TPSA) is 204 Å². The number of nitro benzene ring substituents is 3. The largest absolute Gasteiger partial charge is 0.477 e. The van der Waals surface area contributed by atoms with Crippen molar-refractivity contribution in [1.82, 2.24) is 0 Å². The molecule has 0 radical (unpaired) electrons. The summed E-state index contributed by atoms with van der Waals surface area (Å²) in [5.41, 5.74) is -9.83. The molecule has 2 N–H and O–H groups in total. The number of carboxylic acids is 2. The Balaban J connectivity index is 4.56. The van der Waals surface area contributed by atoms with Crippen molar-refractivity contribution in [2.75, 3.05) is 0 Å². The van der Waals surface area contributed by atoms with Gasteiger partial charge in [0, 0.05) is 5.41 Å². The highest BCUT2D eigenvalue weighted by Gasteiger charge is 2.49. The Morgan fingerprint density at radius 3 is 1.20 bits per heavy atom. The van der Waals surface area contributed by atoms with Gasteiger partial charge in [-0.2, -0.15) is 0 Å². The Hall–Kier alpha value is -3.64. The first kappa shape index (κ1) is 19.4. The molecule has 0 aliphatic carbocycles. The Kier molecular flexibility index (Phi) is 4.74. The number of aromatic carboxylic acids is 2. The van der Waals surface area contributed by atoms with Crippen LogP contribution in [-0.2, 0) is 5.41 Å². The molecule has 0 fully saturated rings. The van der Waals surface area contributed by atoms with Crippen molar-refractivity contribution in [2.45, 2.75) is 26.2 Å². The SMILES string of the molecule is CC(C)(C)c1c([N+](=O)[O-])c(C(=O)O)c([N+](=O)[O-])c(C(=O)O)c1[N+](=O)[O-]. The summed E-state index contributed by atoms with van der Waals surface area (Å²) in [6, 6.07) is 0. The van der Waals surface area contributed by atoms with Gasteiger partial charge in [0.1, 0.15) is 5.56 Å². The minimum absolute atomic E-state index is 0.831. The second kappa shape index (κ2) is 6.10. The van der Waals surface area contributed by atoms with Crippen LogP contribution in [0.1, 0.15) is 47.1 Å². The van der Waals surface area contributed by atoms with Crippen LogP contribution >= 0.6 is 0 Å². The number of hydrogen-bond donors (Lipinski definition) is 2. The van der Waals surface area contributed by atoms with E-state index in [9.17, 15) is 50.1 Å². The van der Waals surface area contributed by atoms with Gasteiger partial charge in [0.25, 0.3) is 0 Å². The van der Waals surface area contributed by atoms with Gasteiger partial charge in [-0.05, 0) is 0 Å². The average Bonchev–Trinajstić information content (AvgIpc) is 2.41. The second-order valence-corrected chi connectivity index (χ2v) is 5.80. The molecule has 134 valence electrons. The number of benzene rings is 1. The van der Waals surface area contributed by atoms with Crippen molar-refractivity contribution in [2.24, 2.45) is 0 Å². The van der Waals surface area contributed by atoms with E-state index in [1.54, 1.807) is 0 Å². The second-order valence-electron chi connectivity index (χ2n) is 5.80. The lowest BCUT2D eigenvalue weighted by Crippen LogP contribution is -2.23. The third kappa shape index (κ3) is 3.19. The fourth-order valence-corrected chi connectivity index (χ4v) is 2.37. The molecule has 0 atom stereocenters. The molecular weight excluding hydrogens is 346 g/mol. The van der Waals surface area contributed by atoms with Crippen LogP contribution in [0.15, 0.2) is 0 Å². The van der Waals surface area contributed by atoms with Crippen molar-refractivity contribution in [3.63, 3.8) is 0 Å². The average molecular weight is 357 g/mol. The van der Waals surface area contributed by atoms with Gasteiger partial charge in [0.05, 0.1) is 14.8 Å². The lowest BCUT2D eigenvalue weighted by atomic mass is 9.81. The smallest absolute Gasteiger partial charge is 0.349 e. The van der Waals surface area contributed by atoms with Crippen molar-refractivity contribution < 1.29 is 34.6 Å². The third-order valence-electron chi connectivity index (χ3n) is 3.15. The Morgan fingerprint density at radius 1 is 0.760 bits per heavy atom. The fourth-order valence-electron chi connectivity index (χ4n) is 2.37. The van der Waals surface area contributed by atoms with E-state index in [-0.39, 0.29) is 0 Å². The molecule has 1 aromatic carbocycles. The molecule has 0 saturated carbocycles. The van der Waals surface area contributed by atoms with Gasteiger partial charge >= 0.3 is 29.0 Å². The van der Waals surface area contributed by atoms with Crippen LogP contribution in [0, 0.1) is 30.3 Å². The number of hydrogen-bond acceptors (Lipinski definition) is 8. The molecule has 0 amide bonds. The molecule has 0 aliphatic heterocycles. The quantitative estimate of drug-likeness (QED) is 0.579. The predicted molar refractivity (Wildman–Crippen MR) is 79.0 cm³/mol. The van der Waals surface area contributed by atoms with Crippen LogP contribution in [0.3, 0.4) is 0 Å². The first-order chi connectivity index (χ1) is 11.2. The van der Waals surface area contributed by atoms with E-state index in [4.69, 9.17) is 0 Å². The third-order valence-corrected chi connectivity index (χ3v) is 3.15. The standard InChI is InChI=1S/C12H11N3O10/c1-12(2,3)6-8(14(22)23)4(10(16)17)7(13(20)21)5(11(18)19)9(6)15(24)25/h1-3H3,(H,16,17)(H,18,19). The summed E-state index contributed by atoms with van der Waals surface area (Å²) in [5, 5.41) is 52.3. The minimum atomic E-state index is -2.15. The zero-order chi connectivity index (χ0) is 19.9. The maximum atomic E-state index is 11.4. The fraction of sp³-hybridized carbons (Fsp3) is 0.333. The lowest BCUT2D eigenvalue weighted by Gasteiger charge is -2.20. The predicted octanol–water partition coefficient (Wildman–Crippen LogP) is 2.11. The summed E-state index contributed by atoms with van der Waals surface area (Å²) in [6.07, 6.45) is 0. The van der Waals surface area contributed by atoms with E-state index in [1.165, 1.54) is 20.8 Å². The van der Waals surface area contributed by atoms with Gasteiger partial charge in [0.2, 0.25) is 11.1 Å². The highest BCUT2D eigenvalue weighted by atomic mass is 16.6. The van der Waals surface area contributed by atoms with Crippen molar-refractivity contribution in [1.29, 1.82) is 0 Å². The van der Waals surface area contributed by atoms with Gasteiger partial charge in [0.15, 0.2) is 0 Å². The van der Waals surface area contributed by atoms with E-state index in [0.717, 1.165) is 0 Å². The van der Waals surface area contributed by atoms with E-state index in [2.05, 4.69) is 0 Å². The Labute approximate surface area is 137 Å². The van der Waals surface area contributed by atoms with Crippen molar-refractivity contribution in [3.05, 3.63) is 47.0 Å². The lowest BCUT2D eigenvalue weighted by molar-refractivity contribution is -0.405. The zero-order valence-corrected chi connectivity index (χ0v) is 13.0. The summed E-state index contributed by atoms with van der Waals surface area (Å²) in [4.78, 5) is 52.7. The number of carboxylic acid groups (broad SMARTS) is 2. The maximum absolute atomic E-state index is 11.4. The van der Waals surface area contributed by atoms with Crippen molar-refractivity contribution >= 4 is 29.0 Å². The Morgan fingerprint density at radius 2 is 1.04 bits per heavy atom. The Bertz CT molecular complexity index is 784. The zero-order valence-electron chi connectivity index (χ0n) is 13.0. The molecule has 0 heterocycles. The summed E-state index contributed by atoms with van der Waals surface area (Å²) in [5.74, 6) is -4.30. The van der Waals surface area contributed by atoms with Crippen LogP contribution in [0.25, 0.3) is 0 Å². The molecule has 1 rings (SSSR count). The highest BCUT2D eigenvalue weighted by molar-refractivity contribution is 6.08. The van der Waals surface area contributed by atoms with Gasteiger partial charge in [-0.15, -0.1) is 0 Å². The first-order valence-electron chi connectivity index (χ1n) is 6.37. The summed E-state index contributed by atoms with van der Waals surface area (Å²) in [6.45, 7) is 3.72. The normalized spacial score (nSPS) is 11.0. The van der Waals surface area contributed by atoms with Gasteiger partial charge in [-0.3, -0.25) is 30.3 Å². The number of nitro groups is 3. The van der Waals surface area contributed by atoms with E-state index < -0.39 is 65.9 Å². The summed E-state index contributed by atoms with van der Waals surface area (Å²) in [7, 11) is 0. The van der Waals surface area contributed by atoms with Gasteiger partial charge in [-0.25, -0.2) is 9.59 Å². The maximum Gasteiger partial charge on any atom is 0.349 e. The highest BCUT2D eigenvalue weighted by Crippen LogP contribution is 2.47. The van der Waals surface area contributed by atoms with Crippen LogP contribution < -0.4 is 0 Å². The summed E-state index contributed by atoms with van der Waals surface area (Å²) >= 11 is 0. The molecule has 1 aromatic rings. The minimum Gasteiger partial charge on any atom is -0.477 e. The number of rotatable bonds is 5. The number of carbonyl (C=O) groups is 2. The van der Waals surface area contributed by atoms with E-state index >= 15 is 0 Å². The van der Waals surface area contributed by atoms with Gasteiger partial charge in [-0.1, -0.05) is 20.8 Å². The van der Waals surface area contributed by atoms with E-state index in [0.29, 0.717) is 0 Å².